The first-order valence-corrected chi connectivity index (χ1v) is 2.50. The molecule has 0 saturated heterocycles. The molecule has 0 aliphatic heterocycles. The first kappa shape index (κ1) is 15.7. The minimum atomic E-state index is -2.28. The van der Waals surface area contributed by atoms with Crippen LogP contribution in [-0.2, 0) is 66.5 Å². The molecule has 0 bridgehead atoms. The quantitative estimate of drug-likeness (QED) is 0.258. The van der Waals surface area contributed by atoms with Gasteiger partial charge >= 0.3 is 44.8 Å². The Hall–Kier alpha value is 1.94. The summed E-state index contributed by atoms with van der Waals surface area (Å²) in [5.41, 5.74) is 0. The predicted molar refractivity (Wildman–Crippen MR) is 16.3 cm³/mol. The summed E-state index contributed by atoms with van der Waals surface area (Å²) in [6.07, 6.45) is 0. The topological polar surface area (TPSA) is 40.1 Å². The molecule has 0 spiro atoms. The van der Waals surface area contributed by atoms with E-state index in [0.29, 0.717) is 0 Å². The summed E-state index contributed by atoms with van der Waals surface area (Å²) in [6, 6.07) is 0. The van der Waals surface area contributed by atoms with Crippen LogP contribution in [0.15, 0.2) is 0 Å². The van der Waals surface area contributed by atoms with Crippen molar-refractivity contribution in [2.75, 3.05) is 0 Å². The Bertz CT molecular complexity index is 32.5. The number of rotatable bonds is 0. The summed E-state index contributed by atoms with van der Waals surface area (Å²) in [6.45, 7) is 0. The summed E-state index contributed by atoms with van der Waals surface area (Å²) in [5.74, 6) is 0. The first-order valence-electron chi connectivity index (χ1n) is 0.500. The van der Waals surface area contributed by atoms with Gasteiger partial charge in [0.25, 0.3) is 0 Å². The molecule has 6 heavy (non-hydrogen) atoms. The molecule has 6 heteroatoms. The normalized spacial score (nSPS) is 10.3. The molecule has 0 saturated carbocycles. The molecule has 0 heterocycles. The van der Waals surface area contributed by atoms with Crippen LogP contribution in [0, 0.1) is 0 Å². The maximum atomic E-state index is 8.81. The van der Waals surface area contributed by atoms with Crippen LogP contribution in [-0.4, -0.2) is 8.76 Å². The molecule has 0 amide bonds. The summed E-state index contributed by atoms with van der Waals surface area (Å²) in [4.78, 5) is 0. The molecule has 2 nitrogen and oxygen atoms in total. The fraction of sp³-hybridized carbons (Fsp3) is 0. The van der Waals surface area contributed by atoms with E-state index in [1.807, 2.05) is 0 Å². The van der Waals surface area contributed by atoms with Crippen LogP contribution in [0.4, 0.5) is 0 Å². The molecule has 46 valence electrons. The molecule has 0 aliphatic rings. The van der Waals surface area contributed by atoms with E-state index < -0.39 is 10.1 Å². The smallest absolute Gasteiger partial charge is 0.793 e. The van der Waals surface area contributed by atoms with Gasteiger partial charge in [-0.2, -0.15) is 0 Å². The van der Waals surface area contributed by atoms with Gasteiger partial charge in [-0.1, -0.05) is 0 Å². The maximum absolute atomic E-state index is 8.81. The Labute approximate surface area is 74.6 Å². The fourth-order valence-electron chi connectivity index (χ4n) is 0. The van der Waals surface area contributed by atoms with E-state index in [4.69, 9.17) is 8.76 Å². The maximum Gasteiger partial charge on any atom is 1.00 e. The van der Waals surface area contributed by atoms with Crippen molar-refractivity contribution in [1.29, 1.82) is 0 Å². The Balaban J connectivity index is -0.0000000450. The molecule has 0 fully saturated rings. The van der Waals surface area contributed by atoms with Crippen LogP contribution < -0.4 is 0 Å². The Morgan fingerprint density at radius 2 is 1.50 bits per heavy atom. The van der Waals surface area contributed by atoms with E-state index in [-0.39, 0.29) is 44.8 Å². The molecular weight excluding hydrogens is 312 g/mol. The average molecular weight is 312 g/mol. The predicted octanol–water partition coefficient (Wildman–Crippen LogP) is -0.678. The van der Waals surface area contributed by atoms with E-state index in [2.05, 4.69) is 11.7 Å². The second-order valence-electron chi connectivity index (χ2n) is 0.204. The van der Waals surface area contributed by atoms with Gasteiger partial charge in [-0.3, -0.25) is 0 Å². The van der Waals surface area contributed by atoms with Crippen molar-refractivity contribution in [3.8, 4) is 0 Å². The molecule has 0 aliphatic carbocycles. The summed E-state index contributed by atoms with van der Waals surface area (Å²) in [5, 5.41) is 0. The summed E-state index contributed by atoms with van der Waals surface area (Å²) < 4.78 is 17.6. The molecular formula is Ag2O2S2. The van der Waals surface area contributed by atoms with E-state index in [1.54, 1.807) is 0 Å². The Morgan fingerprint density at radius 1 is 1.50 bits per heavy atom. The minimum absolute atomic E-state index is 0. The van der Waals surface area contributed by atoms with Gasteiger partial charge in [0.1, 0.15) is 0 Å². The molecule has 0 radical (unpaired) electrons. The van der Waals surface area contributed by atoms with E-state index in [1.165, 1.54) is 0 Å². The second-order valence-corrected chi connectivity index (χ2v) is 1.43. The molecule has 0 aromatic heterocycles. The van der Waals surface area contributed by atoms with Crippen molar-refractivity contribution in [2.45, 2.75) is 0 Å². The minimum Gasteiger partial charge on any atom is -0.793 e. The van der Waals surface area contributed by atoms with Crippen LogP contribution in [0.2, 0.25) is 0 Å². The zero-order valence-electron chi connectivity index (χ0n) is 2.24. The van der Waals surface area contributed by atoms with Crippen molar-refractivity contribution in [3.05, 3.63) is 0 Å². The van der Waals surface area contributed by atoms with Gasteiger partial charge in [-0.25, -0.2) is 10.1 Å². The van der Waals surface area contributed by atoms with E-state index in [9.17, 15) is 0 Å². The monoisotopic (exact) mass is 310 g/mol. The first-order chi connectivity index (χ1) is 1.73. The largest absolute Gasteiger partial charge is 1.00 e. The molecule has 0 N–H and O–H groups in total. The molecule has 0 aromatic rings. The standard InChI is InChI=1S/2Ag.H2O2S2/c;;1-4(2)3/h;;(H2,1,2,3)/q2*+1;/p-2. The van der Waals surface area contributed by atoms with Crippen LogP contribution in [0.3, 0.4) is 0 Å². The summed E-state index contributed by atoms with van der Waals surface area (Å²) >= 11 is 3.54. The number of hydrogen-bond acceptors (Lipinski definition) is 3. The van der Waals surface area contributed by atoms with Crippen molar-refractivity contribution in [2.24, 2.45) is 0 Å². The van der Waals surface area contributed by atoms with Gasteiger partial charge in [0.05, 0.1) is 0 Å². The van der Waals surface area contributed by atoms with Crippen LogP contribution >= 0.6 is 0 Å². The third-order valence-electron chi connectivity index (χ3n) is 0. The van der Waals surface area contributed by atoms with Crippen LogP contribution in [0.1, 0.15) is 0 Å². The zero-order valence-corrected chi connectivity index (χ0v) is 6.83. The third kappa shape index (κ3) is 38.5. The van der Waals surface area contributed by atoms with Gasteiger partial charge in [0.2, 0.25) is 0 Å². The van der Waals surface area contributed by atoms with Gasteiger partial charge in [-0.05, 0) is 0 Å². The van der Waals surface area contributed by atoms with Gasteiger partial charge in [-0.15, -0.1) is 0 Å². The van der Waals surface area contributed by atoms with Crippen molar-refractivity contribution in [1.82, 2.24) is 0 Å². The Kier molecular flexibility index (Phi) is 26.2. The van der Waals surface area contributed by atoms with Gasteiger partial charge in [0.15, 0.2) is 0 Å². The van der Waals surface area contributed by atoms with Crippen molar-refractivity contribution in [3.63, 3.8) is 0 Å². The number of hydrogen-bond donors (Lipinski definition) is 0. The van der Waals surface area contributed by atoms with Gasteiger partial charge in [0, 0.05) is 0 Å². The van der Waals surface area contributed by atoms with Crippen LogP contribution in [0.5, 0.6) is 0 Å². The summed E-state index contributed by atoms with van der Waals surface area (Å²) in [7, 11) is -2.28. The Morgan fingerprint density at radius 3 is 1.50 bits per heavy atom. The molecule has 1 unspecified atom stereocenters. The van der Waals surface area contributed by atoms with Crippen LogP contribution in [0.25, 0.3) is 0 Å². The van der Waals surface area contributed by atoms with E-state index in [0.717, 1.165) is 0 Å². The third-order valence-corrected chi connectivity index (χ3v) is 0. The molecule has 0 aromatic carbocycles. The van der Waals surface area contributed by atoms with Crippen molar-refractivity contribution < 1.29 is 53.5 Å². The second kappa shape index (κ2) is 10.0. The molecule has 0 rings (SSSR count). The fourth-order valence-corrected chi connectivity index (χ4v) is 0. The average Bonchev–Trinajstić information content (AvgIpc) is 0.811. The van der Waals surface area contributed by atoms with E-state index >= 15 is 0 Å². The SMILES string of the molecule is O=S([O-])[S-].[Ag+].[Ag+]. The zero-order chi connectivity index (χ0) is 3.58. The van der Waals surface area contributed by atoms with Gasteiger partial charge < -0.3 is 20.4 Å². The molecule has 1 atom stereocenters. The van der Waals surface area contributed by atoms with Crippen molar-refractivity contribution >= 4 is 21.8 Å².